The summed E-state index contributed by atoms with van der Waals surface area (Å²) in [6.07, 6.45) is 1.20. The van der Waals surface area contributed by atoms with Crippen molar-refractivity contribution >= 4 is 42.4 Å². The largest absolute Gasteiger partial charge is 0.497 e. The Morgan fingerprint density at radius 2 is 1.78 bits per heavy atom. The molecule has 0 unspecified atom stereocenters. The Balaban J connectivity index is 1.92. The highest BCUT2D eigenvalue weighted by molar-refractivity contribution is 6.76. The van der Waals surface area contributed by atoms with Crippen molar-refractivity contribution in [3.63, 3.8) is 0 Å². The Bertz CT molecular complexity index is 1130. The standard InChI is InChI=1S/C25H31ClN2O3Si/c1-17-21(16-24(29)27-13-6-14-32(3,4)5)22-15-20(31-2)11-12-23(22)28(17)25(30)18-7-9-19(26)10-8-18/h7-12,15H,6,13-14,16H2,1-5H3,(H,27,29). The van der Waals surface area contributed by atoms with Crippen LogP contribution in [0, 0.1) is 6.92 Å². The third-order valence-electron chi connectivity index (χ3n) is 5.60. The first kappa shape index (κ1) is 24.1. The fraction of sp³-hybridized carbons (Fsp3) is 0.360. The minimum atomic E-state index is -1.12. The molecule has 0 saturated carbocycles. The molecule has 1 heterocycles. The molecule has 0 saturated heterocycles. The van der Waals surface area contributed by atoms with Gasteiger partial charge in [0.05, 0.1) is 19.0 Å². The summed E-state index contributed by atoms with van der Waals surface area (Å²) in [5.41, 5.74) is 2.88. The number of rotatable bonds is 8. The van der Waals surface area contributed by atoms with E-state index in [9.17, 15) is 9.59 Å². The van der Waals surface area contributed by atoms with Crippen LogP contribution in [0.5, 0.6) is 5.75 Å². The molecule has 2 aromatic carbocycles. The zero-order valence-electron chi connectivity index (χ0n) is 19.4. The van der Waals surface area contributed by atoms with Gasteiger partial charge in [0.2, 0.25) is 5.91 Å². The first-order valence-corrected chi connectivity index (χ1v) is 14.9. The Hall–Kier alpha value is -2.57. The first-order chi connectivity index (χ1) is 15.1. The minimum Gasteiger partial charge on any atom is -0.497 e. The van der Waals surface area contributed by atoms with Crippen LogP contribution in [0.3, 0.4) is 0 Å². The molecule has 0 aliphatic carbocycles. The molecule has 32 heavy (non-hydrogen) atoms. The second kappa shape index (κ2) is 9.92. The van der Waals surface area contributed by atoms with Crippen molar-refractivity contribution in [3.8, 4) is 5.75 Å². The maximum Gasteiger partial charge on any atom is 0.262 e. The predicted molar refractivity (Wildman–Crippen MR) is 134 cm³/mol. The van der Waals surface area contributed by atoms with E-state index in [1.165, 1.54) is 6.04 Å². The highest BCUT2D eigenvalue weighted by Gasteiger charge is 2.22. The van der Waals surface area contributed by atoms with E-state index < -0.39 is 8.07 Å². The number of nitrogens with zero attached hydrogens (tertiary/aromatic N) is 1. The van der Waals surface area contributed by atoms with Gasteiger partial charge in [-0.3, -0.25) is 14.2 Å². The van der Waals surface area contributed by atoms with Crippen molar-refractivity contribution in [1.82, 2.24) is 9.88 Å². The van der Waals surface area contributed by atoms with Crippen molar-refractivity contribution in [1.29, 1.82) is 0 Å². The van der Waals surface area contributed by atoms with Crippen molar-refractivity contribution in [2.45, 2.75) is 45.5 Å². The zero-order valence-corrected chi connectivity index (χ0v) is 21.2. The number of fused-ring (bicyclic) bond motifs is 1. The van der Waals surface area contributed by atoms with E-state index in [1.807, 2.05) is 25.1 Å². The van der Waals surface area contributed by atoms with E-state index in [4.69, 9.17) is 16.3 Å². The van der Waals surface area contributed by atoms with Crippen LogP contribution in [0.25, 0.3) is 10.9 Å². The van der Waals surface area contributed by atoms with Crippen molar-refractivity contribution in [2.75, 3.05) is 13.7 Å². The van der Waals surface area contributed by atoms with Gasteiger partial charge in [-0.2, -0.15) is 0 Å². The highest BCUT2D eigenvalue weighted by Crippen LogP contribution is 2.31. The lowest BCUT2D eigenvalue weighted by Crippen LogP contribution is -2.28. The van der Waals surface area contributed by atoms with E-state index in [0.29, 0.717) is 22.9 Å². The molecule has 3 aromatic rings. The van der Waals surface area contributed by atoms with Gasteiger partial charge in [-0.1, -0.05) is 37.3 Å². The summed E-state index contributed by atoms with van der Waals surface area (Å²) in [5, 5.41) is 4.47. The molecular formula is C25H31ClN2O3Si. The van der Waals surface area contributed by atoms with E-state index in [0.717, 1.165) is 28.6 Å². The third-order valence-corrected chi connectivity index (χ3v) is 7.70. The van der Waals surface area contributed by atoms with Crippen LogP contribution in [-0.2, 0) is 11.2 Å². The number of halogens is 1. The van der Waals surface area contributed by atoms with Crippen LogP contribution < -0.4 is 10.1 Å². The van der Waals surface area contributed by atoms with E-state index in [2.05, 4.69) is 25.0 Å². The molecule has 0 spiro atoms. The quantitative estimate of drug-likeness (QED) is 0.340. The first-order valence-electron chi connectivity index (χ1n) is 10.9. The molecule has 0 aliphatic heterocycles. The molecule has 0 fully saturated rings. The molecule has 0 atom stereocenters. The van der Waals surface area contributed by atoms with Crippen LogP contribution in [-0.4, -0.2) is 38.1 Å². The number of amides is 1. The summed E-state index contributed by atoms with van der Waals surface area (Å²) >= 11 is 5.99. The van der Waals surface area contributed by atoms with Gasteiger partial charge in [0.25, 0.3) is 5.91 Å². The molecule has 1 N–H and O–H groups in total. The molecule has 0 radical (unpaired) electrons. The SMILES string of the molecule is COc1ccc2c(c1)c(CC(=O)NCCC[Si](C)(C)C)c(C)n2C(=O)c1ccc(Cl)cc1. The minimum absolute atomic E-state index is 0.0375. The Morgan fingerprint density at radius 3 is 2.41 bits per heavy atom. The average molecular weight is 471 g/mol. The van der Waals surface area contributed by atoms with Gasteiger partial charge in [0.15, 0.2) is 0 Å². The molecule has 1 aromatic heterocycles. The number of aromatic nitrogens is 1. The highest BCUT2D eigenvalue weighted by atomic mass is 35.5. The van der Waals surface area contributed by atoms with Gasteiger partial charge >= 0.3 is 0 Å². The fourth-order valence-corrected chi connectivity index (χ4v) is 5.23. The third kappa shape index (κ3) is 5.61. The van der Waals surface area contributed by atoms with Gasteiger partial charge in [0.1, 0.15) is 5.75 Å². The molecule has 170 valence electrons. The predicted octanol–water partition coefficient (Wildman–Crippen LogP) is 5.69. The number of ether oxygens (including phenoxy) is 1. The van der Waals surface area contributed by atoms with E-state index >= 15 is 0 Å². The summed E-state index contributed by atoms with van der Waals surface area (Å²) in [6.45, 7) is 9.55. The molecule has 0 bridgehead atoms. The molecular weight excluding hydrogens is 440 g/mol. The summed E-state index contributed by atoms with van der Waals surface area (Å²) in [6, 6.07) is 13.6. The van der Waals surface area contributed by atoms with Crippen LogP contribution >= 0.6 is 11.6 Å². The fourth-order valence-electron chi connectivity index (χ4n) is 3.87. The number of hydrogen-bond acceptors (Lipinski definition) is 3. The number of methoxy groups -OCH3 is 1. The Morgan fingerprint density at radius 1 is 1.09 bits per heavy atom. The molecule has 3 rings (SSSR count). The van der Waals surface area contributed by atoms with Crippen LogP contribution in [0.4, 0.5) is 0 Å². The number of carbonyl (C=O) groups is 2. The van der Waals surface area contributed by atoms with Crippen LogP contribution in [0.2, 0.25) is 30.7 Å². The van der Waals surface area contributed by atoms with Gasteiger partial charge in [-0.15, -0.1) is 0 Å². The van der Waals surface area contributed by atoms with Crippen LogP contribution in [0.15, 0.2) is 42.5 Å². The van der Waals surface area contributed by atoms with Crippen molar-refractivity contribution in [2.24, 2.45) is 0 Å². The molecule has 7 heteroatoms. The normalized spacial score (nSPS) is 11.6. The number of carbonyl (C=O) groups excluding carboxylic acids is 2. The van der Waals surface area contributed by atoms with Gasteiger partial charge in [-0.25, -0.2) is 0 Å². The lowest BCUT2D eigenvalue weighted by Gasteiger charge is -2.15. The monoisotopic (exact) mass is 470 g/mol. The maximum atomic E-state index is 13.3. The summed E-state index contributed by atoms with van der Waals surface area (Å²) in [7, 11) is 0.487. The lowest BCUT2D eigenvalue weighted by molar-refractivity contribution is -0.120. The summed E-state index contributed by atoms with van der Waals surface area (Å²) in [5.74, 6) is 0.492. The van der Waals surface area contributed by atoms with Crippen LogP contribution in [0.1, 0.15) is 28.0 Å². The zero-order chi connectivity index (χ0) is 23.5. The lowest BCUT2D eigenvalue weighted by atomic mass is 10.1. The van der Waals surface area contributed by atoms with Gasteiger partial charge in [-0.05, 0) is 61.4 Å². The summed E-state index contributed by atoms with van der Waals surface area (Å²) in [4.78, 5) is 26.1. The second-order valence-corrected chi connectivity index (χ2v) is 15.3. The summed E-state index contributed by atoms with van der Waals surface area (Å²) < 4.78 is 7.07. The average Bonchev–Trinajstić information content (AvgIpc) is 3.01. The van der Waals surface area contributed by atoms with Crippen molar-refractivity contribution < 1.29 is 14.3 Å². The Kier molecular flexibility index (Phi) is 7.46. The van der Waals surface area contributed by atoms with E-state index in [-0.39, 0.29) is 18.2 Å². The molecule has 5 nitrogen and oxygen atoms in total. The van der Waals surface area contributed by atoms with E-state index in [1.54, 1.807) is 35.9 Å². The maximum absolute atomic E-state index is 13.3. The van der Waals surface area contributed by atoms with Crippen molar-refractivity contribution in [3.05, 3.63) is 64.3 Å². The molecule has 0 aliphatic rings. The van der Waals surface area contributed by atoms with Gasteiger partial charge in [0, 0.05) is 36.3 Å². The Labute approximate surface area is 195 Å². The smallest absolute Gasteiger partial charge is 0.262 e. The number of benzene rings is 2. The number of nitrogens with one attached hydrogen (secondary N) is 1. The molecule has 1 amide bonds. The topological polar surface area (TPSA) is 60.3 Å². The second-order valence-electron chi connectivity index (χ2n) is 9.29. The van der Waals surface area contributed by atoms with Gasteiger partial charge < -0.3 is 10.1 Å². The number of hydrogen-bond donors (Lipinski definition) is 1.